The molecule has 1 fully saturated rings. The second-order valence-electron chi connectivity index (χ2n) is 4.08. The van der Waals surface area contributed by atoms with Crippen LogP contribution < -0.4 is 0 Å². The fourth-order valence-corrected chi connectivity index (χ4v) is 1.79. The summed E-state index contributed by atoms with van der Waals surface area (Å²) in [6.45, 7) is 0. The Bertz CT molecular complexity index is 475. The van der Waals surface area contributed by atoms with E-state index in [1.165, 1.54) is 0 Å². The van der Waals surface area contributed by atoms with Crippen LogP contribution in [0, 0.1) is 5.82 Å². The highest BCUT2D eigenvalue weighted by Crippen LogP contribution is 2.49. The van der Waals surface area contributed by atoms with Gasteiger partial charge in [-0.15, -0.1) is 0 Å². The van der Waals surface area contributed by atoms with Crippen LogP contribution >= 0.6 is 0 Å². The topological polar surface area (TPSA) is 37.3 Å². The normalized spacial score (nSPS) is 17.9. The molecule has 17 heavy (non-hydrogen) atoms. The van der Waals surface area contributed by atoms with Gasteiger partial charge in [0.1, 0.15) is 5.82 Å². The van der Waals surface area contributed by atoms with Gasteiger partial charge in [0.15, 0.2) is 0 Å². The van der Waals surface area contributed by atoms with Crippen molar-refractivity contribution in [3.8, 4) is 0 Å². The molecule has 0 amide bonds. The summed E-state index contributed by atoms with van der Waals surface area (Å²) in [5.41, 5.74) is -2.66. The number of benzene rings is 1. The van der Waals surface area contributed by atoms with Crippen LogP contribution in [0.2, 0.25) is 0 Å². The van der Waals surface area contributed by atoms with Crippen LogP contribution in [-0.4, -0.2) is 11.1 Å². The second-order valence-corrected chi connectivity index (χ2v) is 4.08. The zero-order valence-corrected chi connectivity index (χ0v) is 8.51. The molecule has 0 aliphatic heterocycles. The lowest BCUT2D eigenvalue weighted by molar-refractivity contribution is -0.142. The van der Waals surface area contributed by atoms with E-state index >= 15 is 0 Å². The summed E-state index contributed by atoms with van der Waals surface area (Å²) in [6, 6.07) is 2.36. The number of aliphatic carboxylic acids is 1. The summed E-state index contributed by atoms with van der Waals surface area (Å²) in [7, 11) is 0. The fourth-order valence-electron chi connectivity index (χ4n) is 1.79. The van der Waals surface area contributed by atoms with Gasteiger partial charge in [-0.2, -0.15) is 13.2 Å². The van der Waals surface area contributed by atoms with Gasteiger partial charge in [0.05, 0.1) is 11.0 Å². The Hall–Kier alpha value is -1.59. The minimum absolute atomic E-state index is 0.0127. The Morgan fingerprint density at radius 2 is 1.88 bits per heavy atom. The maximum atomic E-state index is 13.0. The quantitative estimate of drug-likeness (QED) is 0.817. The summed E-state index contributed by atoms with van der Waals surface area (Å²) in [5.74, 6) is -2.56. The maximum Gasteiger partial charge on any atom is 0.419 e. The predicted molar refractivity (Wildman–Crippen MR) is 49.9 cm³/mol. The molecule has 92 valence electrons. The van der Waals surface area contributed by atoms with Crippen molar-refractivity contribution in [3.05, 3.63) is 35.1 Å². The summed E-state index contributed by atoms with van der Waals surface area (Å²) >= 11 is 0. The first-order valence-corrected chi connectivity index (χ1v) is 4.88. The zero-order chi connectivity index (χ0) is 12.8. The highest BCUT2D eigenvalue weighted by Gasteiger charge is 2.52. The standard InChI is InChI=1S/C11H8F4O2/c12-8-2-1-6(5-7(8)11(13,14)15)10(3-4-10)9(16)17/h1-2,5H,3-4H2,(H,16,17). The number of carbonyl (C=O) groups is 1. The van der Waals surface area contributed by atoms with Gasteiger partial charge in [0.2, 0.25) is 0 Å². The van der Waals surface area contributed by atoms with Crippen LogP contribution in [0.5, 0.6) is 0 Å². The van der Waals surface area contributed by atoms with Crippen LogP contribution in [0.3, 0.4) is 0 Å². The molecule has 1 aliphatic rings. The molecule has 1 aliphatic carbocycles. The number of hydrogen-bond acceptors (Lipinski definition) is 1. The molecule has 0 heterocycles. The number of halogens is 4. The third kappa shape index (κ3) is 1.87. The second kappa shape index (κ2) is 3.45. The summed E-state index contributed by atoms with van der Waals surface area (Å²) in [6.07, 6.45) is -4.24. The molecule has 0 unspecified atom stereocenters. The SMILES string of the molecule is O=C(O)C1(c2ccc(F)c(C(F)(F)F)c2)CC1. The van der Waals surface area contributed by atoms with Gasteiger partial charge in [-0.3, -0.25) is 4.79 Å². The Morgan fingerprint density at radius 1 is 1.29 bits per heavy atom. The van der Waals surface area contributed by atoms with Crippen molar-refractivity contribution in [1.29, 1.82) is 0 Å². The number of hydrogen-bond donors (Lipinski definition) is 1. The van der Waals surface area contributed by atoms with Gasteiger partial charge in [-0.05, 0) is 30.5 Å². The minimum atomic E-state index is -4.81. The molecular weight excluding hydrogens is 240 g/mol. The van der Waals surface area contributed by atoms with E-state index in [1.807, 2.05) is 0 Å². The van der Waals surface area contributed by atoms with Gasteiger partial charge in [-0.25, -0.2) is 4.39 Å². The maximum absolute atomic E-state index is 13.0. The van der Waals surface area contributed by atoms with Crippen molar-refractivity contribution in [2.45, 2.75) is 24.4 Å². The molecule has 2 nitrogen and oxygen atoms in total. The third-order valence-corrected chi connectivity index (χ3v) is 2.98. The van der Waals surface area contributed by atoms with Gasteiger partial charge in [0.25, 0.3) is 0 Å². The molecule has 0 radical (unpaired) electrons. The minimum Gasteiger partial charge on any atom is -0.481 e. The molecule has 2 rings (SSSR count). The van der Waals surface area contributed by atoms with Crippen LogP contribution in [0.4, 0.5) is 17.6 Å². The van der Waals surface area contributed by atoms with E-state index in [2.05, 4.69) is 0 Å². The van der Waals surface area contributed by atoms with E-state index in [0.717, 1.165) is 6.07 Å². The van der Waals surface area contributed by atoms with Crippen LogP contribution in [-0.2, 0) is 16.4 Å². The molecule has 1 aromatic rings. The van der Waals surface area contributed by atoms with Gasteiger partial charge in [0, 0.05) is 0 Å². The highest BCUT2D eigenvalue weighted by molar-refractivity contribution is 5.84. The van der Waals surface area contributed by atoms with Crippen LogP contribution in [0.25, 0.3) is 0 Å². The van der Waals surface area contributed by atoms with Crippen molar-refractivity contribution < 1.29 is 27.5 Å². The van der Waals surface area contributed by atoms with Crippen LogP contribution in [0.1, 0.15) is 24.0 Å². The molecule has 0 bridgehead atoms. The van der Waals surface area contributed by atoms with Gasteiger partial charge >= 0.3 is 12.1 Å². The Balaban J connectivity index is 2.49. The zero-order valence-electron chi connectivity index (χ0n) is 8.51. The Morgan fingerprint density at radius 3 is 2.29 bits per heavy atom. The summed E-state index contributed by atoms with van der Waals surface area (Å²) in [4.78, 5) is 11.0. The smallest absolute Gasteiger partial charge is 0.419 e. The molecular formula is C11H8F4O2. The molecule has 0 spiro atoms. The predicted octanol–water partition coefficient (Wildman–Crippen LogP) is 2.96. The highest BCUT2D eigenvalue weighted by atomic mass is 19.4. The van der Waals surface area contributed by atoms with E-state index < -0.39 is 28.9 Å². The van der Waals surface area contributed by atoms with Gasteiger partial charge in [-0.1, -0.05) is 6.07 Å². The van der Waals surface area contributed by atoms with E-state index in [4.69, 9.17) is 5.11 Å². The lowest BCUT2D eigenvalue weighted by atomic mass is 9.94. The van der Waals surface area contributed by atoms with E-state index in [1.54, 1.807) is 0 Å². The van der Waals surface area contributed by atoms with E-state index in [9.17, 15) is 22.4 Å². The number of carboxylic acids is 1. The molecule has 1 saturated carbocycles. The van der Waals surface area contributed by atoms with Crippen molar-refractivity contribution in [1.82, 2.24) is 0 Å². The average molecular weight is 248 g/mol. The number of carboxylic acid groups (broad SMARTS) is 1. The van der Waals surface area contributed by atoms with Gasteiger partial charge < -0.3 is 5.11 Å². The molecule has 0 aromatic heterocycles. The largest absolute Gasteiger partial charge is 0.481 e. The Labute approximate surface area is 93.9 Å². The number of rotatable bonds is 2. The summed E-state index contributed by atoms with van der Waals surface area (Å²) < 4.78 is 50.4. The lowest BCUT2D eigenvalue weighted by Gasteiger charge is -2.14. The first-order chi connectivity index (χ1) is 7.77. The summed E-state index contributed by atoms with van der Waals surface area (Å²) in [5, 5.41) is 8.95. The Kier molecular flexibility index (Phi) is 2.41. The van der Waals surface area contributed by atoms with E-state index in [-0.39, 0.29) is 18.4 Å². The lowest BCUT2D eigenvalue weighted by Crippen LogP contribution is -2.21. The molecule has 1 aromatic carbocycles. The first kappa shape index (κ1) is 11.9. The molecule has 6 heteroatoms. The molecule has 0 atom stereocenters. The molecule has 1 N–H and O–H groups in total. The molecule has 0 saturated heterocycles. The van der Waals surface area contributed by atoms with Crippen molar-refractivity contribution in [3.63, 3.8) is 0 Å². The third-order valence-electron chi connectivity index (χ3n) is 2.98. The fraction of sp³-hybridized carbons (Fsp3) is 0.364. The van der Waals surface area contributed by atoms with Crippen molar-refractivity contribution in [2.75, 3.05) is 0 Å². The van der Waals surface area contributed by atoms with E-state index in [0.29, 0.717) is 12.1 Å². The number of alkyl halides is 3. The average Bonchev–Trinajstić information content (AvgIpc) is 2.97. The van der Waals surface area contributed by atoms with Crippen LogP contribution in [0.15, 0.2) is 18.2 Å². The van der Waals surface area contributed by atoms with Crippen molar-refractivity contribution >= 4 is 5.97 Å². The van der Waals surface area contributed by atoms with Crippen molar-refractivity contribution in [2.24, 2.45) is 0 Å². The first-order valence-electron chi connectivity index (χ1n) is 4.88. The monoisotopic (exact) mass is 248 g/mol.